The average Bonchev–Trinajstić information content (AvgIpc) is 1.95. The van der Waals surface area contributed by atoms with Crippen LogP contribution in [0.3, 0.4) is 0 Å². The molecular weight excluding hydrogens is 198 g/mol. The summed E-state index contributed by atoms with van der Waals surface area (Å²) in [6.07, 6.45) is 0.169. The van der Waals surface area contributed by atoms with Crippen LogP contribution in [0.15, 0.2) is 0 Å². The minimum Gasteiger partial charge on any atom is -0.366 e. The van der Waals surface area contributed by atoms with E-state index in [0.29, 0.717) is 6.54 Å². The van der Waals surface area contributed by atoms with E-state index in [1.54, 1.807) is 11.9 Å². The van der Waals surface area contributed by atoms with Gasteiger partial charge in [-0.3, -0.25) is 4.79 Å². The maximum absolute atomic E-state index is 10.8. The summed E-state index contributed by atoms with van der Waals surface area (Å²) >= 11 is 3.30. The van der Waals surface area contributed by atoms with Crippen molar-refractivity contribution in [1.29, 1.82) is 0 Å². The normalized spacial score (nSPS) is 27.2. The Kier molecular flexibility index (Phi) is 2.68. The summed E-state index contributed by atoms with van der Waals surface area (Å²) in [5.74, 6) is 0.0669. The summed E-state index contributed by atoms with van der Waals surface area (Å²) in [6, 6.07) is 0. The molecule has 1 amide bonds. The molecule has 4 heteroatoms. The molecule has 0 spiro atoms. The van der Waals surface area contributed by atoms with Crippen molar-refractivity contribution in [3.8, 4) is 0 Å². The van der Waals surface area contributed by atoms with Gasteiger partial charge in [-0.25, -0.2) is 0 Å². The van der Waals surface area contributed by atoms with Crippen LogP contribution < -0.4 is 0 Å². The van der Waals surface area contributed by atoms with E-state index in [4.69, 9.17) is 4.74 Å². The minimum absolute atomic E-state index is 0.0669. The van der Waals surface area contributed by atoms with Crippen molar-refractivity contribution < 1.29 is 9.53 Å². The van der Waals surface area contributed by atoms with Crippen molar-refractivity contribution in [3.63, 3.8) is 0 Å². The van der Waals surface area contributed by atoms with Crippen LogP contribution in [0.5, 0.6) is 0 Å². The Morgan fingerprint density at radius 1 is 1.90 bits per heavy atom. The molecule has 0 radical (unpaired) electrons. The van der Waals surface area contributed by atoms with Gasteiger partial charge in [0.25, 0.3) is 0 Å². The van der Waals surface area contributed by atoms with Crippen LogP contribution in [0.1, 0.15) is 0 Å². The summed E-state index contributed by atoms with van der Waals surface area (Å²) in [5.41, 5.74) is 0. The molecule has 0 bridgehead atoms. The number of hydrogen-bond donors (Lipinski definition) is 0. The summed E-state index contributed by atoms with van der Waals surface area (Å²) in [7, 11) is 1.79. The first-order valence-corrected chi connectivity index (χ1v) is 4.27. The van der Waals surface area contributed by atoms with Gasteiger partial charge < -0.3 is 9.64 Å². The average molecular weight is 208 g/mol. The molecule has 58 valence electrons. The van der Waals surface area contributed by atoms with Crippen LogP contribution >= 0.6 is 15.9 Å². The second kappa shape index (κ2) is 3.34. The molecule has 0 N–H and O–H groups in total. The summed E-state index contributed by atoms with van der Waals surface area (Å²) in [6.45, 7) is 0.927. The van der Waals surface area contributed by atoms with Gasteiger partial charge in [0, 0.05) is 18.9 Å². The zero-order valence-corrected chi connectivity index (χ0v) is 7.43. The quantitative estimate of drug-likeness (QED) is 0.577. The molecule has 0 aromatic rings. The predicted octanol–water partition coefficient (Wildman–Crippen LogP) is 0.238. The molecule has 0 aromatic carbocycles. The Labute approximate surface area is 68.5 Å². The van der Waals surface area contributed by atoms with Gasteiger partial charge in [-0.1, -0.05) is 15.9 Å². The van der Waals surface area contributed by atoms with E-state index < -0.39 is 0 Å². The SMILES string of the molecule is CN1CC(CBr)OCC1=O. The molecule has 1 unspecified atom stereocenters. The molecule has 0 aliphatic carbocycles. The highest BCUT2D eigenvalue weighted by Crippen LogP contribution is 2.05. The fraction of sp³-hybridized carbons (Fsp3) is 0.833. The van der Waals surface area contributed by atoms with E-state index in [9.17, 15) is 4.79 Å². The number of carbonyl (C=O) groups is 1. The number of nitrogens with zero attached hydrogens (tertiary/aromatic N) is 1. The Balaban J connectivity index is 2.40. The highest BCUT2D eigenvalue weighted by Gasteiger charge is 2.21. The van der Waals surface area contributed by atoms with E-state index in [1.165, 1.54) is 0 Å². The molecule has 10 heavy (non-hydrogen) atoms. The predicted molar refractivity (Wildman–Crippen MR) is 41.2 cm³/mol. The van der Waals surface area contributed by atoms with Gasteiger partial charge >= 0.3 is 0 Å². The lowest BCUT2D eigenvalue weighted by Gasteiger charge is -2.28. The van der Waals surface area contributed by atoms with E-state index in [1.807, 2.05) is 0 Å². The highest BCUT2D eigenvalue weighted by atomic mass is 79.9. The van der Waals surface area contributed by atoms with Gasteiger partial charge in [0.15, 0.2) is 0 Å². The molecule has 3 nitrogen and oxygen atoms in total. The van der Waals surface area contributed by atoms with Crippen LogP contribution in [0.4, 0.5) is 0 Å². The number of ether oxygens (including phenoxy) is 1. The van der Waals surface area contributed by atoms with Gasteiger partial charge in [-0.05, 0) is 0 Å². The third-order valence-corrected chi connectivity index (χ3v) is 2.24. The topological polar surface area (TPSA) is 29.5 Å². The van der Waals surface area contributed by atoms with E-state index in [2.05, 4.69) is 15.9 Å². The third kappa shape index (κ3) is 1.70. The first kappa shape index (κ1) is 8.01. The van der Waals surface area contributed by atoms with Crippen molar-refractivity contribution in [2.24, 2.45) is 0 Å². The lowest BCUT2D eigenvalue weighted by atomic mass is 10.3. The molecule has 1 atom stereocenters. The Bertz CT molecular complexity index is 140. The van der Waals surface area contributed by atoms with E-state index in [0.717, 1.165) is 5.33 Å². The van der Waals surface area contributed by atoms with Crippen LogP contribution in [0.2, 0.25) is 0 Å². The Morgan fingerprint density at radius 2 is 2.60 bits per heavy atom. The van der Waals surface area contributed by atoms with Crippen molar-refractivity contribution in [2.45, 2.75) is 6.10 Å². The summed E-state index contributed by atoms with van der Waals surface area (Å²) in [5, 5.41) is 0.796. The highest BCUT2D eigenvalue weighted by molar-refractivity contribution is 9.09. The number of likely N-dealkylation sites (N-methyl/N-ethyl adjacent to an activating group) is 1. The van der Waals surface area contributed by atoms with Crippen molar-refractivity contribution in [3.05, 3.63) is 0 Å². The molecule has 1 heterocycles. The fourth-order valence-electron chi connectivity index (χ4n) is 0.853. The van der Waals surface area contributed by atoms with Crippen LogP contribution in [0, 0.1) is 0 Å². The molecule has 1 fully saturated rings. The van der Waals surface area contributed by atoms with Gasteiger partial charge in [0.1, 0.15) is 6.61 Å². The lowest BCUT2D eigenvalue weighted by Crippen LogP contribution is -2.44. The number of hydrogen-bond acceptors (Lipinski definition) is 2. The third-order valence-electron chi connectivity index (χ3n) is 1.52. The van der Waals surface area contributed by atoms with Gasteiger partial charge in [-0.15, -0.1) is 0 Å². The monoisotopic (exact) mass is 207 g/mol. The number of rotatable bonds is 1. The molecular formula is C6H10BrNO2. The van der Waals surface area contributed by atoms with Gasteiger partial charge in [0.05, 0.1) is 6.10 Å². The van der Waals surface area contributed by atoms with Crippen molar-refractivity contribution in [2.75, 3.05) is 25.5 Å². The number of alkyl halides is 1. The Hall–Kier alpha value is -0.0900. The van der Waals surface area contributed by atoms with Crippen molar-refractivity contribution in [1.82, 2.24) is 4.90 Å². The smallest absolute Gasteiger partial charge is 0.248 e. The first-order chi connectivity index (χ1) is 4.74. The summed E-state index contributed by atoms with van der Waals surface area (Å²) < 4.78 is 5.17. The van der Waals surface area contributed by atoms with Gasteiger partial charge in [-0.2, -0.15) is 0 Å². The maximum Gasteiger partial charge on any atom is 0.248 e. The van der Waals surface area contributed by atoms with Crippen molar-refractivity contribution >= 4 is 21.8 Å². The second-order valence-electron chi connectivity index (χ2n) is 2.36. The first-order valence-electron chi connectivity index (χ1n) is 3.15. The van der Waals surface area contributed by atoms with E-state index in [-0.39, 0.29) is 18.6 Å². The lowest BCUT2D eigenvalue weighted by molar-refractivity contribution is -0.145. The van der Waals surface area contributed by atoms with Gasteiger partial charge in [0.2, 0.25) is 5.91 Å². The standard InChI is InChI=1S/C6H10BrNO2/c1-8-3-5(2-7)10-4-6(8)9/h5H,2-4H2,1H3. The molecule has 1 aliphatic heterocycles. The van der Waals surface area contributed by atoms with E-state index >= 15 is 0 Å². The number of halogens is 1. The summed E-state index contributed by atoms with van der Waals surface area (Å²) in [4.78, 5) is 12.5. The zero-order valence-electron chi connectivity index (χ0n) is 5.84. The zero-order chi connectivity index (χ0) is 7.56. The molecule has 1 aliphatic rings. The molecule has 0 aromatic heterocycles. The van der Waals surface area contributed by atoms with Crippen LogP contribution in [-0.4, -0.2) is 42.4 Å². The minimum atomic E-state index is 0.0669. The largest absolute Gasteiger partial charge is 0.366 e. The fourth-order valence-corrected chi connectivity index (χ4v) is 1.24. The molecule has 1 saturated heterocycles. The molecule has 1 rings (SSSR count). The number of morpholine rings is 1. The number of amides is 1. The number of carbonyl (C=O) groups excluding carboxylic acids is 1. The maximum atomic E-state index is 10.8. The van der Waals surface area contributed by atoms with Crippen LogP contribution in [-0.2, 0) is 9.53 Å². The molecule has 0 saturated carbocycles. The second-order valence-corrected chi connectivity index (χ2v) is 3.01. The Morgan fingerprint density at radius 3 is 3.10 bits per heavy atom. The van der Waals surface area contributed by atoms with Crippen LogP contribution in [0.25, 0.3) is 0 Å².